The van der Waals surface area contributed by atoms with E-state index in [0.29, 0.717) is 49.8 Å². The second-order valence-electron chi connectivity index (χ2n) is 9.53. The van der Waals surface area contributed by atoms with E-state index in [4.69, 9.17) is 9.15 Å². The van der Waals surface area contributed by atoms with E-state index >= 15 is 0 Å². The Morgan fingerprint density at radius 3 is 2.83 bits per heavy atom. The third-order valence-corrected chi connectivity index (χ3v) is 7.16. The van der Waals surface area contributed by atoms with Gasteiger partial charge in [0, 0.05) is 45.1 Å². The van der Waals surface area contributed by atoms with Crippen molar-refractivity contribution in [3.05, 3.63) is 18.3 Å². The highest BCUT2D eigenvalue weighted by Crippen LogP contribution is 2.44. The lowest BCUT2D eigenvalue weighted by molar-refractivity contribution is -0.147. The van der Waals surface area contributed by atoms with Crippen LogP contribution in [0.15, 0.2) is 16.8 Å². The molecule has 3 aromatic rings. The molecule has 2 fully saturated rings. The van der Waals surface area contributed by atoms with Crippen LogP contribution in [0.5, 0.6) is 0 Å². The first-order valence-electron chi connectivity index (χ1n) is 12.3. The van der Waals surface area contributed by atoms with E-state index in [1.807, 2.05) is 11.6 Å². The second-order valence-corrected chi connectivity index (χ2v) is 9.53. The number of esters is 1. The van der Waals surface area contributed by atoms with Crippen molar-refractivity contribution in [3.63, 3.8) is 0 Å². The van der Waals surface area contributed by atoms with Crippen LogP contribution in [-0.4, -0.2) is 56.5 Å². The number of carbonyl (C=O) groups excluding carboxylic acids is 2. The zero-order valence-corrected chi connectivity index (χ0v) is 20.2. The lowest BCUT2D eigenvalue weighted by atomic mass is 9.79. The average molecular weight is 482 g/mol. The molecule has 1 atom stereocenters. The molecule has 1 aliphatic heterocycles. The van der Waals surface area contributed by atoms with Gasteiger partial charge >= 0.3 is 5.97 Å². The molecule has 1 saturated heterocycles. The fourth-order valence-electron chi connectivity index (χ4n) is 5.31. The Balaban J connectivity index is 1.47. The lowest BCUT2D eigenvalue weighted by Gasteiger charge is -2.26. The quantitative estimate of drug-likeness (QED) is 0.465. The highest BCUT2D eigenvalue weighted by molar-refractivity contribution is 5.96. The van der Waals surface area contributed by atoms with E-state index in [2.05, 4.69) is 30.9 Å². The van der Waals surface area contributed by atoms with Crippen molar-refractivity contribution >= 4 is 28.6 Å². The zero-order valence-electron chi connectivity index (χ0n) is 20.2. The van der Waals surface area contributed by atoms with Gasteiger partial charge in [-0.25, -0.2) is 9.67 Å². The molecule has 1 amide bonds. The van der Waals surface area contributed by atoms with Crippen LogP contribution in [0.3, 0.4) is 0 Å². The number of carbonyl (C=O) groups is 2. The molecule has 0 bridgehead atoms. The van der Waals surface area contributed by atoms with Crippen molar-refractivity contribution in [1.29, 1.82) is 0 Å². The maximum absolute atomic E-state index is 12.2. The molecule has 11 nitrogen and oxygen atoms in total. The molecule has 4 heterocycles. The van der Waals surface area contributed by atoms with Crippen molar-refractivity contribution in [2.24, 2.45) is 5.41 Å². The number of pyridine rings is 1. The number of hydrogen-bond donors (Lipinski definition) is 2. The molecule has 1 unspecified atom stereocenters. The van der Waals surface area contributed by atoms with Gasteiger partial charge in [-0.3, -0.25) is 9.59 Å². The summed E-state index contributed by atoms with van der Waals surface area (Å²) in [5.74, 6) is 0.685. The molecule has 0 radical (unpaired) electrons. The fraction of sp³-hybridized carbons (Fsp3) is 0.583. The van der Waals surface area contributed by atoms with E-state index in [9.17, 15) is 9.59 Å². The van der Waals surface area contributed by atoms with Crippen molar-refractivity contribution in [2.75, 3.05) is 19.0 Å². The number of nitrogens with zero attached hydrogens (tertiary/aromatic N) is 5. The normalized spacial score (nSPS) is 19.6. The SMILES string of the molecule is CCn1ncc2c(NC3CCOC(=O)C3)c(-c3nnc(CC4(CC(=O)NC)CCCC4)o3)cnc21. The predicted molar refractivity (Wildman–Crippen MR) is 127 cm³/mol. The second kappa shape index (κ2) is 9.63. The Bertz CT molecular complexity index is 1230. The first-order chi connectivity index (χ1) is 17.0. The summed E-state index contributed by atoms with van der Waals surface area (Å²) in [6.07, 6.45) is 9.61. The minimum Gasteiger partial charge on any atom is -0.466 e. The van der Waals surface area contributed by atoms with Gasteiger partial charge in [-0.2, -0.15) is 5.10 Å². The molecule has 2 N–H and O–H groups in total. The maximum atomic E-state index is 12.2. The fourth-order valence-corrected chi connectivity index (χ4v) is 5.31. The van der Waals surface area contributed by atoms with Gasteiger partial charge in [-0.05, 0) is 25.2 Å². The Hall–Kier alpha value is -3.50. The zero-order chi connectivity index (χ0) is 24.4. The third kappa shape index (κ3) is 4.71. The minimum atomic E-state index is -0.220. The van der Waals surface area contributed by atoms with Crippen LogP contribution in [0.25, 0.3) is 22.5 Å². The summed E-state index contributed by atoms with van der Waals surface area (Å²) < 4.78 is 13.1. The smallest absolute Gasteiger partial charge is 0.307 e. The monoisotopic (exact) mass is 481 g/mol. The van der Waals surface area contributed by atoms with Gasteiger partial charge in [-0.1, -0.05) is 12.8 Å². The maximum Gasteiger partial charge on any atom is 0.307 e. The number of aromatic nitrogens is 5. The summed E-state index contributed by atoms with van der Waals surface area (Å²) in [6.45, 7) is 3.07. The van der Waals surface area contributed by atoms with Crippen molar-refractivity contribution in [3.8, 4) is 11.5 Å². The van der Waals surface area contributed by atoms with Crippen molar-refractivity contribution in [2.45, 2.75) is 70.9 Å². The topological polar surface area (TPSA) is 137 Å². The molecular formula is C24H31N7O4. The molecule has 1 aliphatic carbocycles. The van der Waals surface area contributed by atoms with Gasteiger partial charge in [0.05, 0.1) is 35.9 Å². The summed E-state index contributed by atoms with van der Waals surface area (Å²) in [6, 6.07) is -0.0812. The number of anilines is 1. The molecule has 11 heteroatoms. The van der Waals surface area contributed by atoms with Crippen LogP contribution < -0.4 is 10.6 Å². The van der Waals surface area contributed by atoms with Crippen LogP contribution in [0.4, 0.5) is 5.69 Å². The number of amides is 1. The first kappa shape index (κ1) is 23.3. The van der Waals surface area contributed by atoms with Crippen LogP contribution in [0.1, 0.15) is 57.8 Å². The van der Waals surface area contributed by atoms with E-state index in [1.165, 1.54) is 0 Å². The molecule has 3 aromatic heterocycles. The molecule has 186 valence electrons. The number of aryl methyl sites for hydroxylation is 1. The summed E-state index contributed by atoms with van der Waals surface area (Å²) in [5, 5.41) is 20.2. The van der Waals surface area contributed by atoms with Gasteiger partial charge in [0.15, 0.2) is 5.65 Å². The van der Waals surface area contributed by atoms with E-state index in [-0.39, 0.29) is 29.8 Å². The van der Waals surface area contributed by atoms with Crippen LogP contribution >= 0.6 is 0 Å². The van der Waals surface area contributed by atoms with E-state index in [1.54, 1.807) is 19.4 Å². The highest BCUT2D eigenvalue weighted by atomic mass is 16.5. The lowest BCUT2D eigenvalue weighted by Crippen LogP contribution is -2.31. The van der Waals surface area contributed by atoms with Crippen LogP contribution in [-0.2, 0) is 27.3 Å². The summed E-state index contributed by atoms with van der Waals surface area (Å²) >= 11 is 0. The largest absolute Gasteiger partial charge is 0.466 e. The summed E-state index contributed by atoms with van der Waals surface area (Å²) in [7, 11) is 1.67. The Morgan fingerprint density at radius 2 is 2.09 bits per heavy atom. The molecule has 5 rings (SSSR count). The summed E-state index contributed by atoms with van der Waals surface area (Å²) in [4.78, 5) is 28.7. The van der Waals surface area contributed by atoms with Crippen molar-refractivity contribution < 1.29 is 18.7 Å². The van der Waals surface area contributed by atoms with Gasteiger partial charge in [0.2, 0.25) is 11.8 Å². The molecule has 0 spiro atoms. The van der Waals surface area contributed by atoms with Crippen molar-refractivity contribution in [1.82, 2.24) is 30.3 Å². The molecule has 2 aliphatic rings. The number of fused-ring (bicyclic) bond motifs is 1. The third-order valence-electron chi connectivity index (χ3n) is 7.16. The highest BCUT2D eigenvalue weighted by Gasteiger charge is 2.38. The Labute approximate surface area is 203 Å². The number of ether oxygens (including phenoxy) is 1. The predicted octanol–water partition coefficient (Wildman–Crippen LogP) is 2.86. The van der Waals surface area contributed by atoms with Crippen LogP contribution in [0.2, 0.25) is 0 Å². The van der Waals surface area contributed by atoms with Gasteiger partial charge < -0.3 is 19.8 Å². The summed E-state index contributed by atoms with van der Waals surface area (Å²) in [5.41, 5.74) is 2.02. The van der Waals surface area contributed by atoms with Crippen LogP contribution in [0, 0.1) is 5.41 Å². The minimum absolute atomic E-state index is 0.0340. The Kier molecular flexibility index (Phi) is 6.40. The number of rotatable bonds is 8. The Morgan fingerprint density at radius 1 is 1.26 bits per heavy atom. The number of hydrogen-bond acceptors (Lipinski definition) is 9. The molecule has 35 heavy (non-hydrogen) atoms. The van der Waals surface area contributed by atoms with Gasteiger partial charge in [-0.15, -0.1) is 10.2 Å². The van der Waals surface area contributed by atoms with Gasteiger partial charge in [0.25, 0.3) is 5.89 Å². The van der Waals surface area contributed by atoms with E-state index < -0.39 is 0 Å². The standard InChI is InChI=1S/C24H31N7O4/c1-3-31-22-16(14-27-31)21(28-15-6-9-34-20(33)10-15)17(13-26-22)23-30-29-19(35-23)12-24(7-4-5-8-24)11-18(32)25-2/h13-15H,3-12H2,1-2H3,(H,25,32)(H,26,28). The van der Waals surface area contributed by atoms with Gasteiger partial charge in [0.1, 0.15) is 0 Å². The average Bonchev–Trinajstić information content (AvgIpc) is 3.60. The molecular weight excluding hydrogens is 450 g/mol. The first-order valence-corrected chi connectivity index (χ1v) is 12.3. The molecule has 0 aromatic carbocycles. The molecule has 1 saturated carbocycles. The number of cyclic esters (lactones) is 1. The van der Waals surface area contributed by atoms with E-state index in [0.717, 1.165) is 42.4 Å². The number of nitrogens with one attached hydrogen (secondary N) is 2.